The molecule has 0 aromatic rings. The summed E-state index contributed by atoms with van der Waals surface area (Å²) >= 11 is 0. The molecule has 2 aliphatic heterocycles. The highest BCUT2D eigenvalue weighted by Crippen LogP contribution is 2.19. The highest BCUT2D eigenvalue weighted by atomic mass is 16.4. The summed E-state index contributed by atoms with van der Waals surface area (Å²) in [6, 6.07) is -1.84. The average Bonchev–Trinajstić information content (AvgIpc) is 2.65. The summed E-state index contributed by atoms with van der Waals surface area (Å²) in [4.78, 5) is 34.7. The van der Waals surface area contributed by atoms with Gasteiger partial charge in [0.2, 0.25) is 0 Å². The van der Waals surface area contributed by atoms with Crippen LogP contribution in [-0.4, -0.2) is 46.4 Å². The van der Waals surface area contributed by atoms with E-state index in [4.69, 9.17) is 5.11 Å². The largest absolute Gasteiger partial charge is 0.480 e. The first-order valence-electron chi connectivity index (χ1n) is 4.93. The monoisotopic (exact) mass is 228 g/mol. The van der Waals surface area contributed by atoms with Gasteiger partial charge in [0.15, 0.2) is 0 Å². The minimum atomic E-state index is -1.08. The summed E-state index contributed by atoms with van der Waals surface area (Å²) in [5.41, 5.74) is 0. The van der Waals surface area contributed by atoms with Crippen LogP contribution in [0.4, 0.5) is 9.59 Å². The normalized spacial score (nSPS) is 29.2. The molecule has 0 saturated carbocycles. The van der Waals surface area contributed by atoms with E-state index in [0.717, 1.165) is 4.90 Å². The summed E-state index contributed by atoms with van der Waals surface area (Å²) in [5, 5.41) is 16.5. The molecule has 3 atom stereocenters. The van der Waals surface area contributed by atoms with E-state index in [2.05, 4.69) is 16.0 Å². The average molecular weight is 228 g/mol. The molecule has 16 heavy (non-hydrogen) atoms. The highest BCUT2D eigenvalue weighted by Gasteiger charge is 2.49. The Balaban J connectivity index is 2.22. The van der Waals surface area contributed by atoms with Crippen LogP contribution in [-0.2, 0) is 4.79 Å². The molecule has 2 rings (SSSR count). The molecule has 88 valence electrons. The van der Waals surface area contributed by atoms with E-state index >= 15 is 0 Å². The molecule has 0 radical (unpaired) electrons. The molecule has 8 heteroatoms. The Labute approximate surface area is 91.0 Å². The first kappa shape index (κ1) is 10.5. The van der Waals surface area contributed by atoms with Crippen molar-refractivity contribution in [3.05, 3.63) is 0 Å². The van der Waals surface area contributed by atoms with E-state index in [1.165, 1.54) is 0 Å². The number of nitrogens with one attached hydrogen (secondary N) is 3. The molecular weight excluding hydrogens is 216 g/mol. The van der Waals surface area contributed by atoms with Crippen molar-refractivity contribution in [1.82, 2.24) is 20.9 Å². The summed E-state index contributed by atoms with van der Waals surface area (Å²) in [6.45, 7) is 1.67. The third-order valence-corrected chi connectivity index (χ3v) is 2.70. The number of nitrogens with zero attached hydrogens (tertiary/aromatic N) is 1. The van der Waals surface area contributed by atoms with Gasteiger partial charge in [-0.05, 0) is 6.42 Å². The minimum absolute atomic E-state index is 0.280. The maximum absolute atomic E-state index is 11.6. The number of carbonyl (C=O) groups excluding carboxylic acids is 2. The number of hydrogen-bond donors (Lipinski definition) is 4. The first-order chi connectivity index (χ1) is 7.54. The Kier molecular flexibility index (Phi) is 2.33. The standard InChI is InChI=1S/C8H12N4O4/c1-2-3(6(13)14)12-5-4(10-8(12)16)9-7(15)11-5/h3-5H,2H2,1H3,(H,10,16)(H,13,14)(H2,9,11,15)/t3-,4-,5-/m0/s1. The Hall–Kier alpha value is -1.99. The summed E-state index contributed by atoms with van der Waals surface area (Å²) in [5.74, 6) is -1.08. The third-order valence-electron chi connectivity index (χ3n) is 2.70. The Morgan fingerprint density at radius 3 is 2.69 bits per heavy atom. The van der Waals surface area contributed by atoms with Crippen molar-refractivity contribution < 1.29 is 19.5 Å². The van der Waals surface area contributed by atoms with Gasteiger partial charge in [0.1, 0.15) is 18.4 Å². The molecule has 4 amide bonds. The first-order valence-corrected chi connectivity index (χ1v) is 4.93. The van der Waals surface area contributed by atoms with Crippen LogP contribution in [0.1, 0.15) is 13.3 Å². The molecular formula is C8H12N4O4. The van der Waals surface area contributed by atoms with Crippen molar-refractivity contribution >= 4 is 18.0 Å². The van der Waals surface area contributed by atoms with Gasteiger partial charge in [-0.15, -0.1) is 0 Å². The molecule has 0 aliphatic carbocycles. The predicted octanol–water partition coefficient (Wildman–Crippen LogP) is -1.16. The van der Waals surface area contributed by atoms with Gasteiger partial charge in [-0.1, -0.05) is 6.92 Å². The number of rotatable bonds is 3. The van der Waals surface area contributed by atoms with E-state index in [9.17, 15) is 14.4 Å². The SMILES string of the molecule is CC[C@@H](C(=O)O)N1C(=O)N[C@@H]2NC(=O)N[C@H]21. The lowest BCUT2D eigenvalue weighted by Crippen LogP contribution is -2.51. The second-order valence-corrected chi connectivity index (χ2v) is 3.66. The van der Waals surface area contributed by atoms with Gasteiger partial charge in [0, 0.05) is 0 Å². The minimum Gasteiger partial charge on any atom is -0.480 e. The fourth-order valence-corrected chi connectivity index (χ4v) is 1.98. The predicted molar refractivity (Wildman–Crippen MR) is 51.3 cm³/mol. The zero-order chi connectivity index (χ0) is 11.9. The van der Waals surface area contributed by atoms with E-state index in [1.54, 1.807) is 6.92 Å². The number of fused-ring (bicyclic) bond motifs is 1. The molecule has 2 heterocycles. The zero-order valence-electron chi connectivity index (χ0n) is 8.56. The molecule has 2 aliphatic rings. The molecule has 0 spiro atoms. The van der Waals surface area contributed by atoms with Crippen molar-refractivity contribution in [2.75, 3.05) is 0 Å². The summed E-state index contributed by atoms with van der Waals surface area (Å²) in [6.07, 6.45) is -0.920. The Morgan fingerprint density at radius 1 is 1.44 bits per heavy atom. The lowest BCUT2D eigenvalue weighted by atomic mass is 10.2. The van der Waals surface area contributed by atoms with E-state index in [1.807, 2.05) is 0 Å². The molecule has 4 N–H and O–H groups in total. The van der Waals surface area contributed by atoms with Crippen molar-refractivity contribution in [3.63, 3.8) is 0 Å². The van der Waals surface area contributed by atoms with Crippen molar-refractivity contribution in [2.24, 2.45) is 0 Å². The van der Waals surface area contributed by atoms with Gasteiger partial charge in [0.05, 0.1) is 0 Å². The second kappa shape index (κ2) is 3.54. The van der Waals surface area contributed by atoms with Crippen molar-refractivity contribution in [2.45, 2.75) is 31.7 Å². The maximum Gasteiger partial charge on any atom is 0.326 e. The van der Waals surface area contributed by atoms with E-state index in [-0.39, 0.29) is 6.42 Å². The topological polar surface area (TPSA) is 111 Å². The van der Waals surface area contributed by atoms with Gasteiger partial charge >= 0.3 is 18.0 Å². The van der Waals surface area contributed by atoms with E-state index < -0.39 is 36.4 Å². The lowest BCUT2D eigenvalue weighted by molar-refractivity contribution is -0.142. The number of urea groups is 2. The number of carbonyl (C=O) groups is 3. The molecule has 0 aromatic carbocycles. The summed E-state index contributed by atoms with van der Waals surface area (Å²) in [7, 11) is 0. The van der Waals surface area contributed by atoms with Gasteiger partial charge in [0.25, 0.3) is 0 Å². The molecule has 0 aromatic heterocycles. The quantitative estimate of drug-likeness (QED) is 0.488. The van der Waals surface area contributed by atoms with Crippen LogP contribution in [0.25, 0.3) is 0 Å². The van der Waals surface area contributed by atoms with Crippen molar-refractivity contribution in [3.8, 4) is 0 Å². The number of hydrogen-bond acceptors (Lipinski definition) is 3. The number of carboxylic acids is 1. The Morgan fingerprint density at radius 2 is 2.12 bits per heavy atom. The molecule has 8 nitrogen and oxygen atoms in total. The lowest BCUT2D eigenvalue weighted by Gasteiger charge is -2.26. The van der Waals surface area contributed by atoms with Gasteiger partial charge in [-0.25, -0.2) is 14.4 Å². The highest BCUT2D eigenvalue weighted by molar-refractivity contribution is 5.88. The number of amides is 4. The number of carboxylic acid groups (broad SMARTS) is 1. The third kappa shape index (κ3) is 1.42. The van der Waals surface area contributed by atoms with Crippen LogP contribution in [0.5, 0.6) is 0 Å². The molecule has 2 saturated heterocycles. The Bertz CT molecular complexity index is 358. The van der Waals surface area contributed by atoms with Gasteiger partial charge in [-0.3, -0.25) is 4.90 Å². The van der Waals surface area contributed by atoms with E-state index in [0.29, 0.717) is 0 Å². The zero-order valence-corrected chi connectivity index (χ0v) is 8.56. The molecule has 2 fully saturated rings. The van der Waals surface area contributed by atoms with Crippen molar-refractivity contribution in [1.29, 1.82) is 0 Å². The fraction of sp³-hybridized carbons (Fsp3) is 0.625. The smallest absolute Gasteiger partial charge is 0.326 e. The fourth-order valence-electron chi connectivity index (χ4n) is 1.98. The molecule has 0 unspecified atom stereocenters. The van der Waals surface area contributed by atoms with Crippen LogP contribution in [0.2, 0.25) is 0 Å². The van der Waals surface area contributed by atoms with Crippen LogP contribution in [0.15, 0.2) is 0 Å². The summed E-state index contributed by atoms with van der Waals surface area (Å²) < 4.78 is 0. The van der Waals surface area contributed by atoms with Gasteiger partial charge < -0.3 is 21.1 Å². The van der Waals surface area contributed by atoms with Crippen LogP contribution < -0.4 is 16.0 Å². The van der Waals surface area contributed by atoms with Gasteiger partial charge in [-0.2, -0.15) is 0 Å². The van der Waals surface area contributed by atoms with Crippen LogP contribution in [0.3, 0.4) is 0 Å². The van der Waals surface area contributed by atoms with Crippen LogP contribution in [0, 0.1) is 0 Å². The van der Waals surface area contributed by atoms with Crippen LogP contribution >= 0.6 is 0 Å². The number of aliphatic carboxylic acids is 1. The second-order valence-electron chi connectivity index (χ2n) is 3.66. The maximum atomic E-state index is 11.6. The molecule has 0 bridgehead atoms.